The molecule has 1 amide bonds. The molecule has 0 unspecified atom stereocenters. The van der Waals surface area contributed by atoms with Crippen LogP contribution in [0.1, 0.15) is 33.0 Å². The van der Waals surface area contributed by atoms with E-state index in [1.807, 2.05) is 40.1 Å². The molecule has 0 spiro atoms. The van der Waals surface area contributed by atoms with Crippen molar-refractivity contribution in [3.63, 3.8) is 0 Å². The van der Waals surface area contributed by atoms with Gasteiger partial charge in [-0.2, -0.15) is 0 Å². The second kappa shape index (κ2) is 6.14. The molecule has 0 aliphatic carbocycles. The molecule has 0 atom stereocenters. The minimum Gasteiger partial charge on any atom is -0.466 e. The van der Waals surface area contributed by atoms with Gasteiger partial charge in [-0.05, 0) is 52.6 Å². The third-order valence-electron chi connectivity index (χ3n) is 3.28. The van der Waals surface area contributed by atoms with Gasteiger partial charge in [-0.3, -0.25) is 4.79 Å². The van der Waals surface area contributed by atoms with Crippen molar-refractivity contribution in [2.75, 3.05) is 19.4 Å². The molecule has 1 N–H and O–H groups in total. The average molecular weight is 286 g/mol. The van der Waals surface area contributed by atoms with E-state index < -0.39 is 0 Å². The maximum atomic E-state index is 12.4. The Morgan fingerprint density at radius 1 is 1.19 bits per heavy atom. The first-order valence-electron chi connectivity index (χ1n) is 6.99. The number of rotatable bonds is 4. The fourth-order valence-electron chi connectivity index (χ4n) is 2.36. The Morgan fingerprint density at radius 2 is 1.90 bits per heavy atom. The molecular weight excluding hydrogens is 264 g/mol. The highest BCUT2D eigenvalue weighted by molar-refractivity contribution is 6.05. The molecule has 1 aromatic carbocycles. The smallest absolute Gasteiger partial charge is 0.259 e. The van der Waals surface area contributed by atoms with Crippen LogP contribution in [0.15, 0.2) is 28.7 Å². The topological polar surface area (TPSA) is 45.5 Å². The van der Waals surface area contributed by atoms with Gasteiger partial charge >= 0.3 is 0 Å². The fourth-order valence-corrected chi connectivity index (χ4v) is 2.36. The Kier molecular flexibility index (Phi) is 4.48. The second-order valence-corrected chi connectivity index (χ2v) is 5.68. The van der Waals surface area contributed by atoms with Crippen LogP contribution in [0, 0.1) is 20.8 Å². The van der Waals surface area contributed by atoms with E-state index in [1.165, 1.54) is 5.56 Å². The Bertz CT molecular complexity index is 657. The van der Waals surface area contributed by atoms with Crippen LogP contribution in [-0.2, 0) is 6.54 Å². The van der Waals surface area contributed by atoms with Crippen molar-refractivity contribution in [2.45, 2.75) is 27.3 Å². The highest BCUT2D eigenvalue weighted by Gasteiger charge is 2.15. The minimum absolute atomic E-state index is 0.131. The molecule has 4 heteroatoms. The van der Waals surface area contributed by atoms with Crippen molar-refractivity contribution < 1.29 is 9.21 Å². The summed E-state index contributed by atoms with van der Waals surface area (Å²) in [5, 5.41) is 2.99. The normalized spacial score (nSPS) is 11.0. The standard InChI is InChI=1S/C17H22N2O2/c1-11-6-7-16(14(8-11)10-19(4)5)18-17(20)15-9-12(2)21-13(15)3/h6-9H,10H2,1-5H3,(H,18,20). The third kappa shape index (κ3) is 3.73. The van der Waals surface area contributed by atoms with Crippen LogP contribution in [0.25, 0.3) is 0 Å². The number of hydrogen-bond acceptors (Lipinski definition) is 3. The largest absolute Gasteiger partial charge is 0.466 e. The predicted molar refractivity (Wildman–Crippen MR) is 84.7 cm³/mol. The summed E-state index contributed by atoms with van der Waals surface area (Å²) in [6, 6.07) is 7.82. The maximum absolute atomic E-state index is 12.4. The monoisotopic (exact) mass is 286 g/mol. The van der Waals surface area contributed by atoms with Gasteiger partial charge in [-0.15, -0.1) is 0 Å². The van der Waals surface area contributed by atoms with E-state index >= 15 is 0 Å². The van der Waals surface area contributed by atoms with Gasteiger partial charge in [0, 0.05) is 12.2 Å². The van der Waals surface area contributed by atoms with Gasteiger partial charge < -0.3 is 14.6 Å². The summed E-state index contributed by atoms with van der Waals surface area (Å²) < 4.78 is 5.42. The maximum Gasteiger partial charge on any atom is 0.259 e. The summed E-state index contributed by atoms with van der Waals surface area (Å²) >= 11 is 0. The number of furan rings is 1. The summed E-state index contributed by atoms with van der Waals surface area (Å²) in [5.41, 5.74) is 3.72. The highest BCUT2D eigenvalue weighted by Crippen LogP contribution is 2.21. The Morgan fingerprint density at radius 3 is 2.48 bits per heavy atom. The van der Waals surface area contributed by atoms with Crippen LogP contribution in [0.4, 0.5) is 5.69 Å². The SMILES string of the molecule is Cc1ccc(NC(=O)c2cc(C)oc2C)c(CN(C)C)c1. The zero-order chi connectivity index (χ0) is 15.6. The van der Waals surface area contributed by atoms with Crippen molar-refractivity contribution in [3.8, 4) is 0 Å². The van der Waals surface area contributed by atoms with E-state index in [4.69, 9.17) is 4.42 Å². The van der Waals surface area contributed by atoms with Gasteiger partial charge in [0.2, 0.25) is 0 Å². The molecule has 2 rings (SSSR count). The first-order valence-corrected chi connectivity index (χ1v) is 6.99. The van der Waals surface area contributed by atoms with E-state index in [-0.39, 0.29) is 5.91 Å². The highest BCUT2D eigenvalue weighted by atomic mass is 16.3. The van der Waals surface area contributed by atoms with E-state index in [0.717, 1.165) is 23.6 Å². The van der Waals surface area contributed by atoms with Gasteiger partial charge in [0.1, 0.15) is 11.5 Å². The lowest BCUT2D eigenvalue weighted by molar-refractivity contribution is 0.102. The van der Waals surface area contributed by atoms with Crippen LogP contribution in [-0.4, -0.2) is 24.9 Å². The molecule has 1 aromatic heterocycles. The quantitative estimate of drug-likeness (QED) is 0.935. The molecule has 0 radical (unpaired) electrons. The van der Waals surface area contributed by atoms with Crippen LogP contribution >= 0.6 is 0 Å². The molecule has 0 saturated heterocycles. The summed E-state index contributed by atoms with van der Waals surface area (Å²) in [6.07, 6.45) is 0. The number of carbonyl (C=O) groups is 1. The molecule has 2 aromatic rings. The average Bonchev–Trinajstić information content (AvgIpc) is 2.71. The Hall–Kier alpha value is -2.07. The Balaban J connectivity index is 2.26. The molecule has 0 bridgehead atoms. The lowest BCUT2D eigenvalue weighted by atomic mass is 10.1. The molecule has 0 aliphatic heterocycles. The fraction of sp³-hybridized carbons (Fsp3) is 0.353. The number of hydrogen-bond donors (Lipinski definition) is 1. The number of benzene rings is 1. The predicted octanol–water partition coefficient (Wildman–Crippen LogP) is 3.52. The van der Waals surface area contributed by atoms with Crippen molar-refractivity contribution in [1.82, 2.24) is 4.90 Å². The number of carbonyl (C=O) groups excluding carboxylic acids is 1. The molecule has 0 saturated carbocycles. The van der Waals surface area contributed by atoms with Gasteiger partial charge in [-0.25, -0.2) is 0 Å². The lowest BCUT2D eigenvalue weighted by Gasteiger charge is -2.15. The summed E-state index contributed by atoms with van der Waals surface area (Å²) in [5.74, 6) is 1.26. The lowest BCUT2D eigenvalue weighted by Crippen LogP contribution is -2.17. The van der Waals surface area contributed by atoms with Crippen molar-refractivity contribution in [2.24, 2.45) is 0 Å². The summed E-state index contributed by atoms with van der Waals surface area (Å²) in [7, 11) is 4.02. The second-order valence-electron chi connectivity index (χ2n) is 5.68. The zero-order valence-corrected chi connectivity index (χ0v) is 13.3. The van der Waals surface area contributed by atoms with E-state index in [0.29, 0.717) is 11.3 Å². The molecule has 1 heterocycles. The minimum atomic E-state index is -0.131. The number of anilines is 1. The molecule has 0 aliphatic rings. The first-order chi connectivity index (χ1) is 9.86. The number of nitrogens with zero attached hydrogens (tertiary/aromatic N) is 1. The van der Waals surface area contributed by atoms with Crippen LogP contribution in [0.3, 0.4) is 0 Å². The van der Waals surface area contributed by atoms with Gasteiger partial charge in [0.05, 0.1) is 5.56 Å². The first kappa shape index (κ1) is 15.3. The van der Waals surface area contributed by atoms with Crippen molar-refractivity contribution >= 4 is 11.6 Å². The third-order valence-corrected chi connectivity index (χ3v) is 3.28. The zero-order valence-electron chi connectivity index (χ0n) is 13.3. The van der Waals surface area contributed by atoms with E-state index in [2.05, 4.69) is 16.3 Å². The van der Waals surface area contributed by atoms with Gasteiger partial charge in [0.15, 0.2) is 0 Å². The van der Waals surface area contributed by atoms with Crippen LogP contribution < -0.4 is 5.32 Å². The molecular formula is C17H22N2O2. The van der Waals surface area contributed by atoms with Gasteiger partial charge in [0.25, 0.3) is 5.91 Å². The summed E-state index contributed by atoms with van der Waals surface area (Å²) in [4.78, 5) is 14.5. The molecule has 21 heavy (non-hydrogen) atoms. The van der Waals surface area contributed by atoms with E-state index in [9.17, 15) is 4.79 Å². The van der Waals surface area contributed by atoms with Crippen molar-refractivity contribution in [3.05, 3.63) is 52.5 Å². The number of nitrogens with one attached hydrogen (secondary N) is 1. The Labute approximate surface area is 125 Å². The number of amides is 1. The summed E-state index contributed by atoms with van der Waals surface area (Å²) in [6.45, 7) is 6.47. The van der Waals surface area contributed by atoms with E-state index in [1.54, 1.807) is 13.0 Å². The van der Waals surface area contributed by atoms with Crippen LogP contribution in [0.5, 0.6) is 0 Å². The number of aryl methyl sites for hydroxylation is 3. The molecule has 112 valence electrons. The molecule has 4 nitrogen and oxygen atoms in total. The van der Waals surface area contributed by atoms with Crippen molar-refractivity contribution in [1.29, 1.82) is 0 Å². The molecule has 0 fully saturated rings. The van der Waals surface area contributed by atoms with Crippen LogP contribution in [0.2, 0.25) is 0 Å². The van der Waals surface area contributed by atoms with Gasteiger partial charge in [-0.1, -0.05) is 17.7 Å².